The van der Waals surface area contributed by atoms with Crippen LogP contribution in [0.2, 0.25) is 0 Å². The van der Waals surface area contributed by atoms with E-state index >= 15 is 0 Å². The minimum Gasteiger partial charge on any atom is -0.322 e. The molecule has 1 aromatic heterocycles. The molecule has 1 heterocycles. The highest BCUT2D eigenvalue weighted by Crippen LogP contribution is 2.27. The van der Waals surface area contributed by atoms with E-state index in [-0.39, 0.29) is 11.3 Å². The number of hydrogen-bond donors (Lipinski definition) is 2. The van der Waals surface area contributed by atoms with Crippen molar-refractivity contribution >= 4 is 45.7 Å². The molecule has 10 heteroatoms. The molecule has 0 saturated carbocycles. The molecular weight excluding hydrogens is 454 g/mol. The molecule has 4 rings (SSSR count). The molecule has 2 N–H and O–H groups in total. The van der Waals surface area contributed by atoms with Crippen LogP contribution < -0.4 is 10.6 Å². The lowest BCUT2D eigenvalue weighted by molar-refractivity contribution is -0.384. The fourth-order valence-corrected chi connectivity index (χ4v) is 3.76. The molecule has 4 aromatic rings. The number of anilines is 2. The highest BCUT2D eigenvalue weighted by Gasteiger charge is 2.15. The smallest absolute Gasteiger partial charge is 0.270 e. The third-order valence-corrected chi connectivity index (χ3v) is 5.49. The normalized spacial score (nSPS) is 10.7. The number of nitro groups is 1. The number of rotatable bonds is 7. The topological polar surface area (TPSA) is 127 Å². The van der Waals surface area contributed by atoms with Crippen LogP contribution in [0.3, 0.4) is 0 Å². The number of para-hydroxylation sites is 1. The first kappa shape index (κ1) is 22.5. The number of aromatic nitrogens is 2. The second-order valence-electron chi connectivity index (χ2n) is 6.95. The van der Waals surface area contributed by atoms with Gasteiger partial charge in [0, 0.05) is 23.8 Å². The quantitative estimate of drug-likeness (QED) is 0.221. The van der Waals surface area contributed by atoms with E-state index in [0.29, 0.717) is 21.4 Å². The van der Waals surface area contributed by atoms with Gasteiger partial charge in [-0.2, -0.15) is 0 Å². The lowest BCUT2D eigenvalue weighted by Crippen LogP contribution is -2.16. The summed E-state index contributed by atoms with van der Waals surface area (Å²) in [5, 5.41) is 25.4. The van der Waals surface area contributed by atoms with Gasteiger partial charge in [0.1, 0.15) is 5.01 Å². The predicted molar refractivity (Wildman–Crippen MR) is 131 cm³/mol. The third kappa shape index (κ3) is 5.56. The molecule has 0 atom stereocenters. The molecule has 0 fully saturated rings. The van der Waals surface area contributed by atoms with Crippen molar-refractivity contribution in [3.8, 4) is 10.6 Å². The van der Waals surface area contributed by atoms with Crippen LogP contribution in [-0.4, -0.2) is 26.9 Å². The Kier molecular flexibility index (Phi) is 6.80. The third-order valence-electron chi connectivity index (χ3n) is 4.60. The van der Waals surface area contributed by atoms with Crippen molar-refractivity contribution in [1.82, 2.24) is 10.2 Å². The number of amides is 2. The van der Waals surface area contributed by atoms with E-state index in [1.807, 2.05) is 30.3 Å². The second kappa shape index (κ2) is 10.3. The molecule has 0 unspecified atom stereocenters. The van der Waals surface area contributed by atoms with Crippen LogP contribution >= 0.6 is 11.3 Å². The molecular formula is C24H17N5O4S. The minimum absolute atomic E-state index is 0.0725. The Balaban J connectivity index is 1.45. The zero-order valence-electron chi connectivity index (χ0n) is 17.5. The van der Waals surface area contributed by atoms with Crippen molar-refractivity contribution in [2.45, 2.75) is 0 Å². The summed E-state index contributed by atoms with van der Waals surface area (Å²) in [4.78, 5) is 35.6. The van der Waals surface area contributed by atoms with Crippen LogP contribution in [0, 0.1) is 10.1 Å². The van der Waals surface area contributed by atoms with Crippen LogP contribution in [0.25, 0.3) is 16.6 Å². The average Bonchev–Trinajstić information content (AvgIpc) is 3.32. The molecule has 3 aromatic carbocycles. The summed E-state index contributed by atoms with van der Waals surface area (Å²) in [6.45, 7) is 0. The molecule has 34 heavy (non-hydrogen) atoms. The van der Waals surface area contributed by atoms with Crippen LogP contribution in [0.1, 0.15) is 15.9 Å². The monoisotopic (exact) mass is 471 g/mol. The average molecular weight is 471 g/mol. The van der Waals surface area contributed by atoms with E-state index < -0.39 is 16.7 Å². The fourth-order valence-electron chi connectivity index (χ4n) is 3.01. The van der Waals surface area contributed by atoms with E-state index in [4.69, 9.17) is 0 Å². The molecule has 0 aliphatic carbocycles. The summed E-state index contributed by atoms with van der Waals surface area (Å²) in [6.07, 6.45) is 2.70. The maximum Gasteiger partial charge on any atom is 0.270 e. The van der Waals surface area contributed by atoms with Crippen molar-refractivity contribution in [3.63, 3.8) is 0 Å². The molecule has 0 spiro atoms. The minimum atomic E-state index is -0.507. The number of nitrogens with zero attached hydrogens (tertiary/aromatic N) is 3. The molecule has 0 saturated heterocycles. The van der Waals surface area contributed by atoms with Gasteiger partial charge < -0.3 is 5.32 Å². The summed E-state index contributed by atoms with van der Waals surface area (Å²) in [7, 11) is 0. The molecule has 0 aliphatic rings. The van der Waals surface area contributed by atoms with Gasteiger partial charge in [-0.15, -0.1) is 10.2 Å². The van der Waals surface area contributed by atoms with Crippen LogP contribution in [0.15, 0.2) is 84.9 Å². The number of non-ortho nitro benzene ring substituents is 1. The first-order valence-corrected chi connectivity index (χ1v) is 10.8. The number of benzene rings is 3. The van der Waals surface area contributed by atoms with Crippen molar-refractivity contribution in [2.24, 2.45) is 0 Å². The Morgan fingerprint density at radius 1 is 0.912 bits per heavy atom. The van der Waals surface area contributed by atoms with Gasteiger partial charge in [-0.3, -0.25) is 25.0 Å². The SMILES string of the molecule is O=C(/C=C/c1cccc([N+](=O)[O-])c1)Nc1ccccc1C(=O)Nc1nnc(-c2ccccc2)s1. The number of carbonyl (C=O) groups excluding carboxylic acids is 2. The van der Waals surface area contributed by atoms with Crippen LogP contribution in [0.4, 0.5) is 16.5 Å². The van der Waals surface area contributed by atoms with Gasteiger partial charge in [0.25, 0.3) is 11.6 Å². The number of nitrogens with one attached hydrogen (secondary N) is 2. The maximum atomic E-state index is 12.8. The number of nitro benzene ring substituents is 1. The number of carbonyl (C=O) groups is 2. The lowest BCUT2D eigenvalue weighted by Gasteiger charge is -2.09. The zero-order chi connectivity index (χ0) is 23.9. The Morgan fingerprint density at radius 3 is 2.47 bits per heavy atom. The highest BCUT2D eigenvalue weighted by atomic mass is 32.1. The van der Waals surface area contributed by atoms with Gasteiger partial charge in [0.2, 0.25) is 11.0 Å². The lowest BCUT2D eigenvalue weighted by atomic mass is 10.1. The molecule has 0 radical (unpaired) electrons. The van der Waals surface area contributed by atoms with E-state index in [1.54, 1.807) is 30.3 Å². The molecule has 2 amide bonds. The molecule has 0 bridgehead atoms. The summed E-state index contributed by atoms with van der Waals surface area (Å²) < 4.78 is 0. The van der Waals surface area contributed by atoms with E-state index in [2.05, 4.69) is 20.8 Å². The predicted octanol–water partition coefficient (Wildman–Crippen LogP) is 5.02. The molecule has 168 valence electrons. The van der Waals surface area contributed by atoms with Gasteiger partial charge >= 0.3 is 0 Å². The van der Waals surface area contributed by atoms with Gasteiger partial charge in [0.05, 0.1) is 16.2 Å². The van der Waals surface area contributed by atoms with Crippen molar-refractivity contribution in [2.75, 3.05) is 10.6 Å². The van der Waals surface area contributed by atoms with Gasteiger partial charge in [-0.1, -0.05) is 65.9 Å². The summed E-state index contributed by atoms with van der Waals surface area (Å²) in [6, 6.07) is 21.9. The van der Waals surface area contributed by atoms with Gasteiger partial charge in [-0.05, 0) is 23.8 Å². The highest BCUT2D eigenvalue weighted by molar-refractivity contribution is 7.18. The van der Waals surface area contributed by atoms with Gasteiger partial charge in [0.15, 0.2) is 0 Å². The standard InChI is InChI=1S/C24H17N5O4S/c30-21(14-13-16-7-6-10-18(15-16)29(32)33)25-20-12-5-4-11-19(20)22(31)26-24-28-27-23(34-24)17-8-2-1-3-9-17/h1-15H,(H,25,30)(H,26,28,31)/b14-13+. The molecule has 0 aliphatic heterocycles. The Hall–Kier alpha value is -4.70. The largest absolute Gasteiger partial charge is 0.322 e. The summed E-state index contributed by atoms with van der Waals surface area (Å²) >= 11 is 1.24. The second-order valence-corrected chi connectivity index (χ2v) is 7.93. The first-order valence-electron chi connectivity index (χ1n) is 10.0. The van der Waals surface area contributed by atoms with E-state index in [0.717, 1.165) is 5.56 Å². The van der Waals surface area contributed by atoms with Gasteiger partial charge in [-0.25, -0.2) is 0 Å². The Labute approximate surface area is 197 Å². The van der Waals surface area contributed by atoms with Crippen LogP contribution in [-0.2, 0) is 4.79 Å². The summed E-state index contributed by atoms with van der Waals surface area (Å²) in [5.41, 5.74) is 1.87. The summed E-state index contributed by atoms with van der Waals surface area (Å²) in [5.74, 6) is -0.941. The molecule has 9 nitrogen and oxygen atoms in total. The fraction of sp³-hybridized carbons (Fsp3) is 0. The van der Waals surface area contributed by atoms with Crippen molar-refractivity contribution in [3.05, 3.63) is 106 Å². The maximum absolute atomic E-state index is 12.8. The zero-order valence-corrected chi connectivity index (χ0v) is 18.4. The Morgan fingerprint density at radius 2 is 1.68 bits per heavy atom. The van der Waals surface area contributed by atoms with Crippen molar-refractivity contribution < 1.29 is 14.5 Å². The van der Waals surface area contributed by atoms with Crippen molar-refractivity contribution in [1.29, 1.82) is 0 Å². The van der Waals surface area contributed by atoms with E-state index in [1.165, 1.54) is 41.7 Å². The van der Waals surface area contributed by atoms with Crippen LogP contribution in [0.5, 0.6) is 0 Å². The number of hydrogen-bond acceptors (Lipinski definition) is 7. The van der Waals surface area contributed by atoms with E-state index in [9.17, 15) is 19.7 Å². The Bertz CT molecular complexity index is 1380. The first-order chi connectivity index (χ1) is 16.5.